The van der Waals surface area contributed by atoms with Gasteiger partial charge in [0.1, 0.15) is 6.04 Å². The van der Waals surface area contributed by atoms with Crippen molar-refractivity contribution in [1.82, 2.24) is 4.90 Å². The van der Waals surface area contributed by atoms with E-state index in [1.165, 1.54) is 19.2 Å². The minimum atomic E-state index is -0.539. The zero-order valence-corrected chi connectivity index (χ0v) is 17.3. The van der Waals surface area contributed by atoms with Crippen LogP contribution in [-0.4, -0.2) is 31.0 Å². The van der Waals surface area contributed by atoms with Gasteiger partial charge < -0.3 is 19.7 Å². The third kappa shape index (κ3) is 5.29. The van der Waals surface area contributed by atoms with Crippen LogP contribution >= 0.6 is 0 Å². The van der Waals surface area contributed by atoms with Gasteiger partial charge in [0.15, 0.2) is 23.1 Å². The van der Waals surface area contributed by atoms with Crippen molar-refractivity contribution in [3.05, 3.63) is 84.2 Å². The van der Waals surface area contributed by atoms with Gasteiger partial charge in [-0.3, -0.25) is 4.79 Å². The Kier molecular flexibility index (Phi) is 6.91. The molecule has 0 saturated heterocycles. The van der Waals surface area contributed by atoms with Crippen LogP contribution in [0.5, 0.6) is 17.2 Å². The quantitative estimate of drug-likeness (QED) is 0.564. The monoisotopic (exact) mass is 408 g/mol. The highest BCUT2D eigenvalue weighted by Crippen LogP contribution is 2.33. The molecule has 1 unspecified atom stereocenters. The molecule has 3 aromatic carbocycles. The van der Waals surface area contributed by atoms with Crippen LogP contribution in [0.3, 0.4) is 0 Å². The van der Waals surface area contributed by atoms with Crippen molar-refractivity contribution < 1.29 is 18.7 Å². The molecule has 1 N–H and O–H groups in total. The van der Waals surface area contributed by atoms with Gasteiger partial charge in [0.2, 0.25) is 5.91 Å². The molecule has 6 heteroatoms. The largest absolute Gasteiger partial charge is 0.493 e. The second-order valence-electron chi connectivity index (χ2n) is 6.94. The van der Waals surface area contributed by atoms with Crippen LogP contribution in [0.2, 0.25) is 0 Å². The van der Waals surface area contributed by atoms with Crippen LogP contribution in [0.25, 0.3) is 0 Å². The summed E-state index contributed by atoms with van der Waals surface area (Å²) in [6, 6.07) is 20.8. The lowest BCUT2D eigenvalue weighted by molar-refractivity contribution is -0.130. The predicted molar refractivity (Wildman–Crippen MR) is 115 cm³/mol. The standard InChI is InChI=1S/C24H25FN2O3/c1-17(24(28)27(2)16-18-9-5-4-6-10-18)26-19-13-14-21(20(25)15-19)30-23-12-8-7-11-22(23)29-3/h4-15,17,26H,16H2,1-3H3. The summed E-state index contributed by atoms with van der Waals surface area (Å²) in [6.07, 6.45) is 0. The second-order valence-corrected chi connectivity index (χ2v) is 6.94. The number of nitrogens with one attached hydrogen (secondary N) is 1. The van der Waals surface area contributed by atoms with Crippen LogP contribution in [0.4, 0.5) is 10.1 Å². The molecule has 0 fully saturated rings. The zero-order valence-electron chi connectivity index (χ0n) is 17.3. The number of para-hydroxylation sites is 2. The fraction of sp³-hybridized carbons (Fsp3) is 0.208. The van der Waals surface area contributed by atoms with E-state index >= 15 is 0 Å². The van der Waals surface area contributed by atoms with Gasteiger partial charge in [-0.05, 0) is 36.8 Å². The Labute approximate surface area is 176 Å². The van der Waals surface area contributed by atoms with Crippen LogP contribution in [0, 0.1) is 5.82 Å². The molecule has 156 valence electrons. The molecule has 0 aliphatic heterocycles. The number of nitrogens with zero attached hydrogens (tertiary/aromatic N) is 1. The maximum atomic E-state index is 14.6. The van der Waals surface area contributed by atoms with Crippen molar-refractivity contribution in [3.63, 3.8) is 0 Å². The van der Waals surface area contributed by atoms with Gasteiger partial charge in [-0.1, -0.05) is 42.5 Å². The summed E-state index contributed by atoms with van der Waals surface area (Å²) >= 11 is 0. The molecule has 0 aromatic heterocycles. The fourth-order valence-corrected chi connectivity index (χ4v) is 3.07. The molecule has 0 heterocycles. The molecule has 0 spiro atoms. The number of rotatable bonds is 8. The third-order valence-electron chi connectivity index (χ3n) is 4.61. The van der Waals surface area contributed by atoms with Gasteiger partial charge in [-0.15, -0.1) is 0 Å². The Balaban J connectivity index is 1.64. The Hall–Kier alpha value is -3.54. The Morgan fingerprint density at radius 1 is 1.00 bits per heavy atom. The van der Waals surface area contributed by atoms with E-state index in [1.807, 2.05) is 36.4 Å². The zero-order chi connectivity index (χ0) is 21.5. The Bertz CT molecular complexity index is 995. The van der Waals surface area contributed by atoms with E-state index in [-0.39, 0.29) is 11.7 Å². The number of benzene rings is 3. The SMILES string of the molecule is COc1ccccc1Oc1ccc(NC(C)C(=O)N(C)Cc2ccccc2)cc1F. The first-order valence-electron chi connectivity index (χ1n) is 9.64. The molecule has 0 aliphatic carbocycles. The van der Waals surface area contributed by atoms with E-state index in [9.17, 15) is 9.18 Å². The van der Waals surface area contributed by atoms with Gasteiger partial charge in [-0.2, -0.15) is 0 Å². The van der Waals surface area contributed by atoms with E-state index in [2.05, 4.69) is 5.32 Å². The van der Waals surface area contributed by atoms with Crippen LogP contribution in [0.1, 0.15) is 12.5 Å². The summed E-state index contributed by atoms with van der Waals surface area (Å²) in [5.41, 5.74) is 1.54. The highest BCUT2D eigenvalue weighted by molar-refractivity contribution is 5.84. The molecule has 0 aliphatic rings. The second kappa shape index (κ2) is 9.78. The minimum absolute atomic E-state index is 0.0743. The summed E-state index contributed by atoms with van der Waals surface area (Å²) in [7, 11) is 3.27. The Morgan fingerprint density at radius 3 is 2.33 bits per heavy atom. The fourth-order valence-electron chi connectivity index (χ4n) is 3.07. The van der Waals surface area contributed by atoms with E-state index in [1.54, 1.807) is 43.1 Å². The summed E-state index contributed by atoms with van der Waals surface area (Å²) in [5, 5.41) is 3.05. The number of carbonyl (C=O) groups excluding carboxylic acids is 1. The minimum Gasteiger partial charge on any atom is -0.493 e. The van der Waals surface area contributed by atoms with Gasteiger partial charge >= 0.3 is 0 Å². The maximum Gasteiger partial charge on any atom is 0.244 e. The number of halogens is 1. The van der Waals surface area contributed by atoms with Crippen LogP contribution < -0.4 is 14.8 Å². The predicted octanol–water partition coefficient (Wildman–Crippen LogP) is 5.09. The lowest BCUT2D eigenvalue weighted by Gasteiger charge is -2.23. The molecule has 5 nitrogen and oxygen atoms in total. The average molecular weight is 408 g/mol. The van der Waals surface area contributed by atoms with Gasteiger partial charge in [-0.25, -0.2) is 4.39 Å². The van der Waals surface area contributed by atoms with Gasteiger partial charge in [0.25, 0.3) is 0 Å². The Morgan fingerprint density at radius 2 is 1.67 bits per heavy atom. The molecular formula is C24H25FN2O3. The van der Waals surface area contributed by atoms with E-state index in [0.717, 1.165) is 5.56 Å². The molecule has 3 rings (SSSR count). The van der Waals surface area contributed by atoms with Crippen LogP contribution in [-0.2, 0) is 11.3 Å². The van der Waals surface area contributed by atoms with E-state index in [4.69, 9.17) is 9.47 Å². The summed E-state index contributed by atoms with van der Waals surface area (Å²) < 4.78 is 25.4. The van der Waals surface area contributed by atoms with Crippen molar-refractivity contribution in [2.75, 3.05) is 19.5 Å². The number of amides is 1. The first-order chi connectivity index (χ1) is 14.5. The third-order valence-corrected chi connectivity index (χ3v) is 4.61. The number of carbonyl (C=O) groups is 1. The molecule has 1 atom stereocenters. The highest BCUT2D eigenvalue weighted by atomic mass is 19.1. The number of hydrogen-bond donors (Lipinski definition) is 1. The van der Waals surface area contributed by atoms with Crippen LogP contribution in [0.15, 0.2) is 72.8 Å². The topological polar surface area (TPSA) is 50.8 Å². The van der Waals surface area contributed by atoms with Crippen molar-refractivity contribution in [2.45, 2.75) is 19.5 Å². The molecule has 0 bridgehead atoms. The number of likely N-dealkylation sites (N-methyl/N-ethyl adjacent to an activating group) is 1. The van der Waals surface area contributed by atoms with Crippen molar-refractivity contribution >= 4 is 11.6 Å². The van der Waals surface area contributed by atoms with Gasteiger partial charge in [0.05, 0.1) is 7.11 Å². The molecule has 30 heavy (non-hydrogen) atoms. The highest BCUT2D eigenvalue weighted by Gasteiger charge is 2.18. The molecule has 3 aromatic rings. The lowest BCUT2D eigenvalue weighted by Crippen LogP contribution is -2.38. The first-order valence-corrected chi connectivity index (χ1v) is 9.64. The number of anilines is 1. The van der Waals surface area contributed by atoms with Crippen molar-refractivity contribution in [3.8, 4) is 17.2 Å². The number of hydrogen-bond acceptors (Lipinski definition) is 4. The molecule has 1 amide bonds. The van der Waals surface area contributed by atoms with Crippen molar-refractivity contribution in [1.29, 1.82) is 0 Å². The molecule has 0 saturated carbocycles. The summed E-state index contributed by atoms with van der Waals surface area (Å²) in [6.45, 7) is 2.26. The molecule has 0 radical (unpaired) electrons. The van der Waals surface area contributed by atoms with E-state index < -0.39 is 11.9 Å². The summed E-state index contributed by atoms with van der Waals surface area (Å²) in [5.74, 6) is 0.382. The summed E-state index contributed by atoms with van der Waals surface area (Å²) in [4.78, 5) is 14.3. The first kappa shape index (κ1) is 21.2. The van der Waals surface area contributed by atoms with Gasteiger partial charge in [0, 0.05) is 25.3 Å². The maximum absolute atomic E-state index is 14.6. The smallest absolute Gasteiger partial charge is 0.244 e. The average Bonchev–Trinajstić information content (AvgIpc) is 2.76. The molecular weight excluding hydrogens is 383 g/mol. The normalized spacial score (nSPS) is 11.5. The van der Waals surface area contributed by atoms with E-state index in [0.29, 0.717) is 23.7 Å². The number of ether oxygens (including phenoxy) is 2. The number of methoxy groups -OCH3 is 1. The lowest BCUT2D eigenvalue weighted by atomic mass is 10.2. The van der Waals surface area contributed by atoms with Crippen molar-refractivity contribution in [2.24, 2.45) is 0 Å².